The molecule has 0 aromatic heterocycles. The quantitative estimate of drug-likeness (QED) is 0.637. The zero-order valence-electron chi connectivity index (χ0n) is 15.0. The number of hydrogen-bond acceptors (Lipinski definition) is 4. The van der Waals surface area contributed by atoms with Crippen molar-refractivity contribution < 1.29 is 8.94 Å². The molecule has 2 unspecified atom stereocenters. The van der Waals surface area contributed by atoms with Crippen LogP contribution in [0.2, 0.25) is 0 Å². The molecule has 3 N–H and O–H groups in total. The third kappa shape index (κ3) is 3.30. The molecule has 1 fully saturated rings. The van der Waals surface area contributed by atoms with Crippen molar-refractivity contribution in [2.45, 2.75) is 43.4 Å². The van der Waals surface area contributed by atoms with Gasteiger partial charge in [-0.25, -0.2) is 4.39 Å². The first-order valence-electron chi connectivity index (χ1n) is 8.42. The normalized spacial score (nSPS) is 23.3. The van der Waals surface area contributed by atoms with Crippen molar-refractivity contribution >= 4 is 17.0 Å². The van der Waals surface area contributed by atoms with E-state index < -0.39 is 27.3 Å². The Morgan fingerprint density at radius 3 is 2.58 bits per heavy atom. The number of rotatable bonds is 4. The molecule has 6 heteroatoms. The number of hydrogen-bond donors (Lipinski definition) is 2. The van der Waals surface area contributed by atoms with E-state index >= 15 is 0 Å². The maximum absolute atomic E-state index is 13.7. The molecule has 4 nitrogen and oxygen atoms in total. The van der Waals surface area contributed by atoms with Gasteiger partial charge in [0.15, 0.2) is 0 Å². The van der Waals surface area contributed by atoms with Crippen LogP contribution in [0.15, 0.2) is 42.5 Å². The minimum atomic E-state index is -1.24. The van der Waals surface area contributed by atoms with Crippen LogP contribution in [0, 0.1) is 17.1 Å². The first kappa shape index (κ1) is 18.7. The average molecular weight is 371 g/mol. The van der Waals surface area contributed by atoms with Crippen molar-refractivity contribution in [3.8, 4) is 6.07 Å². The predicted molar refractivity (Wildman–Crippen MR) is 102 cm³/mol. The van der Waals surface area contributed by atoms with Gasteiger partial charge in [0.1, 0.15) is 10.6 Å². The number of nitriles is 1. The third-order valence-electron chi connectivity index (χ3n) is 4.78. The molecule has 136 valence electrons. The van der Waals surface area contributed by atoms with E-state index in [1.165, 1.54) is 6.07 Å². The van der Waals surface area contributed by atoms with E-state index in [9.17, 15) is 14.2 Å². The van der Waals surface area contributed by atoms with Crippen LogP contribution in [0.3, 0.4) is 0 Å². The smallest absolute Gasteiger partial charge is 0.146 e. The summed E-state index contributed by atoms with van der Waals surface area (Å²) < 4.78 is 29.0. The Balaban J connectivity index is 2.04. The van der Waals surface area contributed by atoms with Crippen LogP contribution < -0.4 is 10.5 Å². The van der Waals surface area contributed by atoms with Crippen LogP contribution in [-0.4, -0.2) is 15.3 Å². The predicted octanol–water partition coefficient (Wildman–Crippen LogP) is 3.39. The van der Waals surface area contributed by atoms with E-state index in [0.717, 1.165) is 11.1 Å². The van der Waals surface area contributed by atoms with Crippen molar-refractivity contribution in [2.24, 2.45) is 0 Å². The maximum atomic E-state index is 13.7. The van der Waals surface area contributed by atoms with Gasteiger partial charge in [0.05, 0.1) is 23.4 Å². The lowest BCUT2D eigenvalue weighted by Crippen LogP contribution is -2.42. The lowest BCUT2D eigenvalue weighted by Gasteiger charge is -2.26. The standard InChI is InChI=1S/C20H22FN3OS/c1-19(2,3)26(25)24-18-11-20(18,14-6-4-5-13(9-14)12-22)15-7-8-16(21)17(23)10-15/h4-10,18,24H,11,23H2,1-3H3/t18?,20?,26-/m1/s1. The largest absolute Gasteiger partial charge is 0.598 e. The fourth-order valence-corrected chi connectivity index (χ4v) is 4.10. The lowest BCUT2D eigenvalue weighted by molar-refractivity contribution is 0.539. The molecule has 0 spiro atoms. The van der Waals surface area contributed by atoms with Gasteiger partial charge in [-0.05, 0) is 62.6 Å². The summed E-state index contributed by atoms with van der Waals surface area (Å²) >= 11 is -1.24. The van der Waals surface area contributed by atoms with Gasteiger partial charge >= 0.3 is 0 Å². The van der Waals surface area contributed by atoms with Crippen LogP contribution in [-0.2, 0) is 16.8 Å². The highest BCUT2D eigenvalue weighted by Crippen LogP contribution is 2.54. The fraction of sp³-hybridized carbons (Fsp3) is 0.350. The highest BCUT2D eigenvalue weighted by atomic mass is 32.2. The number of nitrogens with zero attached hydrogens (tertiary/aromatic N) is 1. The Kier molecular flexibility index (Phi) is 4.74. The second-order valence-corrected chi connectivity index (χ2v) is 9.65. The van der Waals surface area contributed by atoms with Gasteiger partial charge in [0.2, 0.25) is 0 Å². The SMILES string of the molecule is CC(C)(C)[S@@+]([O-])NC1CC1(c1cccc(C#N)c1)c1ccc(F)c(N)c1. The van der Waals surface area contributed by atoms with Crippen molar-refractivity contribution in [3.05, 3.63) is 65.0 Å². The summed E-state index contributed by atoms with van der Waals surface area (Å²) in [6.07, 6.45) is 0.703. The van der Waals surface area contributed by atoms with Gasteiger partial charge in [0, 0.05) is 16.8 Å². The molecule has 0 saturated heterocycles. The Morgan fingerprint density at radius 2 is 1.96 bits per heavy atom. The molecule has 0 bridgehead atoms. The molecular formula is C20H22FN3OS. The summed E-state index contributed by atoms with van der Waals surface area (Å²) in [4.78, 5) is 0. The molecule has 0 amide bonds. The highest BCUT2D eigenvalue weighted by molar-refractivity contribution is 7.90. The lowest BCUT2D eigenvalue weighted by atomic mass is 9.86. The van der Waals surface area contributed by atoms with E-state index in [1.54, 1.807) is 18.2 Å². The molecule has 26 heavy (non-hydrogen) atoms. The number of nitrogens with two attached hydrogens (primary N) is 1. The monoisotopic (exact) mass is 371 g/mol. The fourth-order valence-electron chi connectivity index (χ4n) is 3.20. The van der Waals surface area contributed by atoms with Crippen LogP contribution in [0.4, 0.5) is 10.1 Å². The molecule has 1 saturated carbocycles. The number of anilines is 1. The molecule has 2 aromatic rings. The molecule has 0 radical (unpaired) electrons. The summed E-state index contributed by atoms with van der Waals surface area (Å²) in [7, 11) is 0. The number of benzene rings is 2. The molecule has 1 aliphatic carbocycles. The molecule has 3 rings (SSSR count). The van der Waals surface area contributed by atoms with E-state index in [4.69, 9.17) is 5.73 Å². The summed E-state index contributed by atoms with van der Waals surface area (Å²) in [6, 6.07) is 14.1. The average Bonchev–Trinajstić information content (AvgIpc) is 3.31. The number of halogens is 1. The van der Waals surface area contributed by atoms with Crippen molar-refractivity contribution in [1.82, 2.24) is 4.72 Å². The van der Waals surface area contributed by atoms with Crippen LogP contribution in [0.5, 0.6) is 0 Å². The minimum absolute atomic E-state index is 0.0821. The molecule has 3 atom stereocenters. The molecule has 1 aliphatic rings. The summed E-state index contributed by atoms with van der Waals surface area (Å²) in [6.45, 7) is 5.73. The zero-order valence-corrected chi connectivity index (χ0v) is 15.9. The van der Waals surface area contributed by atoms with E-state index in [-0.39, 0.29) is 11.7 Å². The van der Waals surface area contributed by atoms with E-state index in [1.807, 2.05) is 39.0 Å². The van der Waals surface area contributed by atoms with Crippen molar-refractivity contribution in [3.63, 3.8) is 0 Å². The highest BCUT2D eigenvalue weighted by Gasteiger charge is 2.59. The summed E-state index contributed by atoms with van der Waals surface area (Å²) in [5, 5.41) is 9.23. The van der Waals surface area contributed by atoms with Gasteiger partial charge in [-0.15, -0.1) is 4.72 Å². The van der Waals surface area contributed by atoms with Crippen LogP contribution in [0.1, 0.15) is 43.9 Å². The summed E-state index contributed by atoms with van der Waals surface area (Å²) in [5.41, 5.74) is 7.74. The number of nitrogens with one attached hydrogen (secondary N) is 1. The molecule has 0 aliphatic heterocycles. The topological polar surface area (TPSA) is 84.9 Å². The van der Waals surface area contributed by atoms with E-state index in [0.29, 0.717) is 12.0 Å². The zero-order chi connectivity index (χ0) is 19.1. The minimum Gasteiger partial charge on any atom is -0.598 e. The molecule has 2 aromatic carbocycles. The number of nitrogen functional groups attached to an aromatic ring is 1. The first-order valence-corrected chi connectivity index (χ1v) is 9.57. The third-order valence-corrected chi connectivity index (χ3v) is 6.40. The first-order chi connectivity index (χ1) is 12.2. The van der Waals surface area contributed by atoms with Gasteiger partial charge in [-0.2, -0.15) is 5.26 Å². The Morgan fingerprint density at radius 1 is 1.27 bits per heavy atom. The van der Waals surface area contributed by atoms with Gasteiger partial charge in [-0.3, -0.25) is 0 Å². The second kappa shape index (κ2) is 6.58. The van der Waals surface area contributed by atoms with Gasteiger partial charge < -0.3 is 10.3 Å². The Bertz CT molecular complexity index is 874. The Labute approximate surface area is 156 Å². The van der Waals surface area contributed by atoms with Crippen LogP contribution in [0.25, 0.3) is 0 Å². The Hall–Kier alpha value is -2.07. The van der Waals surface area contributed by atoms with Gasteiger partial charge in [-0.1, -0.05) is 18.2 Å². The van der Waals surface area contributed by atoms with Gasteiger partial charge in [0.25, 0.3) is 0 Å². The van der Waals surface area contributed by atoms with E-state index in [2.05, 4.69) is 10.8 Å². The maximum Gasteiger partial charge on any atom is 0.146 e. The van der Waals surface area contributed by atoms with Crippen molar-refractivity contribution in [1.29, 1.82) is 5.26 Å². The molecular weight excluding hydrogens is 349 g/mol. The molecule has 0 heterocycles. The summed E-state index contributed by atoms with van der Waals surface area (Å²) in [5.74, 6) is -0.460. The van der Waals surface area contributed by atoms with Crippen molar-refractivity contribution in [2.75, 3.05) is 5.73 Å². The van der Waals surface area contributed by atoms with Crippen LogP contribution >= 0.6 is 0 Å². The second-order valence-electron chi connectivity index (χ2n) is 7.66.